The number of thiophene rings is 1. The van der Waals surface area contributed by atoms with E-state index in [2.05, 4.69) is 9.55 Å². The van der Waals surface area contributed by atoms with Crippen molar-refractivity contribution in [3.8, 4) is 17.3 Å². The van der Waals surface area contributed by atoms with Crippen LogP contribution in [-0.2, 0) is 0 Å². The van der Waals surface area contributed by atoms with Gasteiger partial charge in [-0.1, -0.05) is 19.4 Å². The van der Waals surface area contributed by atoms with E-state index >= 15 is 0 Å². The summed E-state index contributed by atoms with van der Waals surface area (Å²) in [6.07, 6.45) is 6.76. The number of nitrogens with zero attached hydrogens (tertiary/aromatic N) is 3. The molecule has 3 aromatic heterocycles. The molecule has 4 aromatic rings. The van der Waals surface area contributed by atoms with Crippen LogP contribution >= 0.6 is 11.3 Å². The molecule has 0 unspecified atom stereocenters. The summed E-state index contributed by atoms with van der Waals surface area (Å²) in [6.45, 7) is 3.89. The molecule has 1 aliphatic carbocycles. The molecular weight excluding hydrogens is 470 g/mol. The molecule has 0 aliphatic heterocycles. The standard InChI is InChI=1S/C29H31N3O3S/c1-4-25(33)21-16-23-24(17-27(21)35-3)32(29(31-23)22-10-5-6-13-30-22)20-9-7-8-19(14-20)15-26(34)28-12-11-18(2)36-28/h5-6,10-13,16-17,19-20H,4,7-9,14-15H2,1-3H3/t19-,20+/m1/s1. The van der Waals surface area contributed by atoms with Crippen LogP contribution in [0.25, 0.3) is 22.6 Å². The van der Waals surface area contributed by atoms with Crippen LogP contribution in [0.15, 0.2) is 48.7 Å². The average molecular weight is 502 g/mol. The van der Waals surface area contributed by atoms with Gasteiger partial charge >= 0.3 is 0 Å². The highest BCUT2D eigenvalue weighted by Gasteiger charge is 2.30. The molecule has 5 rings (SSSR count). The lowest BCUT2D eigenvalue weighted by molar-refractivity contribution is 0.0944. The van der Waals surface area contributed by atoms with Crippen LogP contribution in [0, 0.1) is 12.8 Å². The summed E-state index contributed by atoms with van der Waals surface area (Å²) in [7, 11) is 1.60. The molecule has 2 atom stereocenters. The molecular formula is C29H31N3O3S. The summed E-state index contributed by atoms with van der Waals surface area (Å²) in [6, 6.07) is 13.8. The number of methoxy groups -OCH3 is 1. The molecule has 7 heteroatoms. The van der Waals surface area contributed by atoms with E-state index in [0.717, 1.165) is 53.1 Å². The molecule has 6 nitrogen and oxygen atoms in total. The average Bonchev–Trinajstić information content (AvgIpc) is 3.51. The fourth-order valence-corrected chi connectivity index (χ4v) is 6.19. The van der Waals surface area contributed by atoms with Gasteiger partial charge in [-0.2, -0.15) is 0 Å². The molecule has 0 bridgehead atoms. The summed E-state index contributed by atoms with van der Waals surface area (Å²) in [5.41, 5.74) is 3.05. The Hall–Kier alpha value is -3.32. The van der Waals surface area contributed by atoms with Gasteiger partial charge in [0.1, 0.15) is 11.4 Å². The smallest absolute Gasteiger partial charge is 0.173 e. The van der Waals surface area contributed by atoms with Crippen LogP contribution in [0.1, 0.15) is 76.4 Å². The van der Waals surface area contributed by atoms with E-state index in [1.54, 1.807) is 24.6 Å². The number of hydrogen-bond acceptors (Lipinski definition) is 6. The van der Waals surface area contributed by atoms with E-state index in [-0.39, 0.29) is 17.6 Å². The summed E-state index contributed by atoms with van der Waals surface area (Å²) in [5.74, 6) is 1.94. The van der Waals surface area contributed by atoms with Gasteiger partial charge in [0, 0.05) is 36.0 Å². The third-order valence-electron chi connectivity index (χ3n) is 7.14. The number of carbonyl (C=O) groups is 2. The Bertz CT molecular complexity index is 1410. The predicted octanol–water partition coefficient (Wildman–Crippen LogP) is 7.07. The normalized spacial score (nSPS) is 17.9. The van der Waals surface area contributed by atoms with Gasteiger partial charge in [0.2, 0.25) is 0 Å². The first-order valence-corrected chi connectivity index (χ1v) is 13.4. The number of aryl methyl sites for hydroxylation is 1. The number of imidazole rings is 1. The summed E-state index contributed by atoms with van der Waals surface area (Å²) >= 11 is 1.58. The molecule has 186 valence electrons. The van der Waals surface area contributed by atoms with Crippen molar-refractivity contribution >= 4 is 33.9 Å². The second kappa shape index (κ2) is 10.3. The van der Waals surface area contributed by atoms with Crippen molar-refractivity contribution in [3.63, 3.8) is 0 Å². The Morgan fingerprint density at radius 3 is 2.69 bits per heavy atom. The second-order valence-corrected chi connectivity index (χ2v) is 10.9. The lowest BCUT2D eigenvalue weighted by Gasteiger charge is -2.31. The predicted molar refractivity (Wildman–Crippen MR) is 143 cm³/mol. The fourth-order valence-electron chi connectivity index (χ4n) is 5.37. The van der Waals surface area contributed by atoms with Gasteiger partial charge in [-0.3, -0.25) is 14.6 Å². The van der Waals surface area contributed by atoms with Crippen molar-refractivity contribution in [1.82, 2.24) is 14.5 Å². The zero-order valence-electron chi connectivity index (χ0n) is 21.0. The highest BCUT2D eigenvalue weighted by atomic mass is 32.1. The molecule has 0 spiro atoms. The fraction of sp³-hybridized carbons (Fsp3) is 0.379. The van der Waals surface area contributed by atoms with E-state index in [1.807, 2.05) is 56.3 Å². The zero-order chi connectivity index (χ0) is 25.2. The molecule has 1 aliphatic rings. The number of pyridine rings is 1. The topological polar surface area (TPSA) is 74.1 Å². The minimum Gasteiger partial charge on any atom is -0.496 e. The summed E-state index contributed by atoms with van der Waals surface area (Å²) < 4.78 is 7.91. The minimum atomic E-state index is 0.0303. The van der Waals surface area contributed by atoms with Crippen molar-refractivity contribution in [2.24, 2.45) is 5.92 Å². The van der Waals surface area contributed by atoms with Gasteiger partial charge < -0.3 is 9.30 Å². The molecule has 3 heterocycles. The largest absolute Gasteiger partial charge is 0.496 e. The van der Waals surface area contributed by atoms with E-state index in [9.17, 15) is 9.59 Å². The van der Waals surface area contributed by atoms with Gasteiger partial charge in [-0.15, -0.1) is 11.3 Å². The van der Waals surface area contributed by atoms with Crippen molar-refractivity contribution in [3.05, 3.63) is 64.0 Å². The van der Waals surface area contributed by atoms with Crippen molar-refractivity contribution in [2.45, 2.75) is 58.4 Å². The van der Waals surface area contributed by atoms with E-state index in [4.69, 9.17) is 9.72 Å². The van der Waals surface area contributed by atoms with Crippen LogP contribution in [0.3, 0.4) is 0 Å². The second-order valence-electron chi connectivity index (χ2n) is 9.56. The van der Waals surface area contributed by atoms with Gasteiger partial charge in [-0.25, -0.2) is 4.98 Å². The number of fused-ring (bicyclic) bond motifs is 1. The number of aromatic nitrogens is 3. The highest BCUT2D eigenvalue weighted by Crippen LogP contribution is 2.41. The number of ether oxygens (including phenoxy) is 1. The maximum Gasteiger partial charge on any atom is 0.173 e. The van der Waals surface area contributed by atoms with Gasteiger partial charge in [-0.05, 0) is 62.4 Å². The Morgan fingerprint density at radius 2 is 2.00 bits per heavy atom. The number of carbonyl (C=O) groups excluding carboxylic acids is 2. The molecule has 1 saturated carbocycles. The maximum absolute atomic E-state index is 13.0. The van der Waals surface area contributed by atoms with E-state index in [1.165, 1.54) is 4.88 Å². The Labute approximate surface area is 215 Å². The van der Waals surface area contributed by atoms with Gasteiger partial charge in [0.05, 0.1) is 28.6 Å². The zero-order valence-corrected chi connectivity index (χ0v) is 21.8. The maximum atomic E-state index is 13.0. The van der Waals surface area contributed by atoms with Crippen LogP contribution in [0.2, 0.25) is 0 Å². The highest BCUT2D eigenvalue weighted by molar-refractivity contribution is 7.14. The third-order valence-corrected chi connectivity index (χ3v) is 8.18. The van der Waals surface area contributed by atoms with Crippen LogP contribution in [0.5, 0.6) is 5.75 Å². The van der Waals surface area contributed by atoms with Gasteiger partial charge in [0.15, 0.2) is 17.4 Å². The molecule has 0 saturated heterocycles. The number of ketones is 2. The monoisotopic (exact) mass is 501 g/mol. The molecule has 0 radical (unpaired) electrons. The number of hydrogen-bond donors (Lipinski definition) is 0. The SMILES string of the molecule is CCC(=O)c1cc2nc(-c3ccccn3)n([C@H]3CCC[C@@H](CC(=O)c4ccc(C)s4)C3)c2cc1OC. The molecule has 0 amide bonds. The first kappa shape index (κ1) is 24.4. The number of rotatable bonds is 8. The number of Topliss-reactive ketones (excluding diaryl/α,β-unsaturated/α-hetero) is 2. The molecule has 36 heavy (non-hydrogen) atoms. The van der Waals surface area contributed by atoms with E-state index < -0.39 is 0 Å². The molecule has 0 N–H and O–H groups in total. The Morgan fingerprint density at radius 1 is 1.14 bits per heavy atom. The van der Waals surface area contributed by atoms with Crippen molar-refractivity contribution < 1.29 is 14.3 Å². The van der Waals surface area contributed by atoms with Crippen molar-refractivity contribution in [2.75, 3.05) is 7.11 Å². The minimum absolute atomic E-state index is 0.0303. The summed E-state index contributed by atoms with van der Waals surface area (Å²) in [5, 5.41) is 0. The summed E-state index contributed by atoms with van der Waals surface area (Å²) in [4.78, 5) is 37.2. The third kappa shape index (κ3) is 4.72. The lowest BCUT2D eigenvalue weighted by atomic mass is 9.82. The number of benzene rings is 1. The van der Waals surface area contributed by atoms with Crippen LogP contribution < -0.4 is 4.74 Å². The lowest BCUT2D eigenvalue weighted by Crippen LogP contribution is -2.22. The van der Waals surface area contributed by atoms with Gasteiger partial charge in [0.25, 0.3) is 0 Å². The molecule has 1 aromatic carbocycles. The quantitative estimate of drug-likeness (QED) is 0.241. The van der Waals surface area contributed by atoms with Crippen LogP contribution in [-0.4, -0.2) is 33.2 Å². The van der Waals surface area contributed by atoms with Crippen LogP contribution in [0.4, 0.5) is 0 Å². The Kier molecular flexibility index (Phi) is 7.01. The molecule has 1 fully saturated rings. The first-order chi connectivity index (χ1) is 17.5. The first-order valence-electron chi connectivity index (χ1n) is 12.6. The van der Waals surface area contributed by atoms with Crippen molar-refractivity contribution in [1.29, 1.82) is 0 Å². The Balaban J connectivity index is 1.55. The van der Waals surface area contributed by atoms with E-state index in [0.29, 0.717) is 30.1 Å².